The van der Waals surface area contributed by atoms with Crippen LogP contribution >= 0.6 is 0 Å². The van der Waals surface area contributed by atoms with E-state index in [0.717, 1.165) is 25.7 Å². The van der Waals surface area contributed by atoms with E-state index in [9.17, 15) is 13.8 Å². The molecule has 114 valence electrons. The summed E-state index contributed by atoms with van der Waals surface area (Å²) in [7, 11) is -1.28. The number of benzene rings is 1. The molecule has 0 spiro atoms. The van der Waals surface area contributed by atoms with Gasteiger partial charge in [-0.1, -0.05) is 25.0 Å². The van der Waals surface area contributed by atoms with E-state index in [-0.39, 0.29) is 24.1 Å². The Kier molecular flexibility index (Phi) is 5.50. The molecule has 1 aliphatic rings. The maximum atomic E-state index is 12.0. The molecule has 2 rings (SSSR count). The first-order valence-electron chi connectivity index (χ1n) is 6.97. The Morgan fingerprint density at radius 2 is 1.95 bits per heavy atom. The molecule has 0 unspecified atom stereocenters. The van der Waals surface area contributed by atoms with E-state index in [0.29, 0.717) is 4.90 Å². The minimum atomic E-state index is -1.28. The van der Waals surface area contributed by atoms with Crippen molar-refractivity contribution < 1.29 is 18.5 Å². The smallest absolute Gasteiger partial charge is 0.339 e. The van der Waals surface area contributed by atoms with Gasteiger partial charge in [0.1, 0.15) is 0 Å². The maximum absolute atomic E-state index is 12.0. The Bertz CT molecular complexity index is 552. The van der Waals surface area contributed by atoms with Gasteiger partial charge in [0, 0.05) is 12.3 Å². The van der Waals surface area contributed by atoms with Gasteiger partial charge in [0.2, 0.25) is 0 Å². The van der Waals surface area contributed by atoms with Crippen molar-refractivity contribution in [3.05, 3.63) is 29.8 Å². The highest BCUT2D eigenvalue weighted by Crippen LogP contribution is 2.17. The predicted octanol–water partition coefficient (Wildman–Crippen LogP) is 1.64. The number of hydrogen-bond donors (Lipinski definition) is 1. The molecule has 1 aromatic rings. The van der Waals surface area contributed by atoms with Crippen LogP contribution in [-0.4, -0.2) is 35.0 Å². The average molecular weight is 309 g/mol. The quantitative estimate of drug-likeness (QED) is 0.839. The molecule has 6 heteroatoms. The zero-order valence-corrected chi connectivity index (χ0v) is 12.8. The third kappa shape index (κ3) is 4.39. The number of ether oxygens (including phenoxy) is 1. The van der Waals surface area contributed by atoms with E-state index in [1.54, 1.807) is 24.3 Å². The van der Waals surface area contributed by atoms with Crippen molar-refractivity contribution in [1.82, 2.24) is 5.32 Å². The fraction of sp³-hybridized carbons (Fsp3) is 0.467. The highest BCUT2D eigenvalue weighted by molar-refractivity contribution is 7.84. The molecule has 1 fully saturated rings. The molecule has 0 radical (unpaired) electrons. The van der Waals surface area contributed by atoms with E-state index in [4.69, 9.17) is 4.74 Å². The van der Waals surface area contributed by atoms with Crippen molar-refractivity contribution >= 4 is 22.7 Å². The van der Waals surface area contributed by atoms with Crippen LogP contribution < -0.4 is 5.32 Å². The minimum absolute atomic E-state index is 0.201. The van der Waals surface area contributed by atoms with Crippen LogP contribution in [0, 0.1) is 0 Å². The maximum Gasteiger partial charge on any atom is 0.339 e. The molecule has 21 heavy (non-hydrogen) atoms. The third-order valence-corrected chi connectivity index (χ3v) is 4.45. The molecule has 0 aromatic heterocycles. The van der Waals surface area contributed by atoms with E-state index in [2.05, 4.69) is 5.32 Å². The number of carbonyl (C=O) groups excluding carboxylic acids is 2. The summed E-state index contributed by atoms with van der Waals surface area (Å²) in [5, 5.41) is 2.85. The molecule has 0 aliphatic heterocycles. The molecular formula is C15H19NO4S. The van der Waals surface area contributed by atoms with Crippen LogP contribution in [0.4, 0.5) is 0 Å². The predicted molar refractivity (Wildman–Crippen MR) is 79.5 cm³/mol. The van der Waals surface area contributed by atoms with Crippen LogP contribution in [0.1, 0.15) is 36.0 Å². The Labute approximate surface area is 126 Å². The average Bonchev–Trinajstić information content (AvgIpc) is 2.97. The highest BCUT2D eigenvalue weighted by atomic mass is 32.2. The molecule has 1 amide bonds. The lowest BCUT2D eigenvalue weighted by molar-refractivity contribution is -0.124. The SMILES string of the molecule is C[S@@](=O)c1ccccc1C(=O)OCC(=O)NC1CCCC1. The van der Waals surface area contributed by atoms with Gasteiger partial charge < -0.3 is 10.1 Å². The van der Waals surface area contributed by atoms with E-state index in [1.165, 1.54) is 6.26 Å². The van der Waals surface area contributed by atoms with Gasteiger partial charge in [-0.2, -0.15) is 0 Å². The van der Waals surface area contributed by atoms with Gasteiger partial charge in [-0.05, 0) is 25.0 Å². The van der Waals surface area contributed by atoms with Gasteiger partial charge in [-0.25, -0.2) is 4.79 Å². The summed E-state index contributed by atoms with van der Waals surface area (Å²) in [4.78, 5) is 24.1. The van der Waals surface area contributed by atoms with Crippen molar-refractivity contribution in [2.75, 3.05) is 12.9 Å². The summed E-state index contributed by atoms with van der Waals surface area (Å²) in [6.45, 7) is -0.306. The van der Waals surface area contributed by atoms with Gasteiger partial charge in [0.25, 0.3) is 5.91 Å². The van der Waals surface area contributed by atoms with Crippen molar-refractivity contribution in [3.63, 3.8) is 0 Å². The van der Waals surface area contributed by atoms with Crippen LogP contribution in [0.3, 0.4) is 0 Å². The molecule has 5 nitrogen and oxygen atoms in total. The molecule has 0 heterocycles. The summed E-state index contributed by atoms with van der Waals surface area (Å²) >= 11 is 0. The number of esters is 1. The number of carbonyl (C=O) groups is 2. The minimum Gasteiger partial charge on any atom is -0.452 e. The van der Waals surface area contributed by atoms with Gasteiger partial charge in [-0.15, -0.1) is 0 Å². The number of hydrogen-bond acceptors (Lipinski definition) is 4. The second-order valence-corrected chi connectivity index (χ2v) is 6.42. The molecule has 1 atom stereocenters. The lowest BCUT2D eigenvalue weighted by Gasteiger charge is -2.12. The molecule has 1 aliphatic carbocycles. The van der Waals surface area contributed by atoms with Gasteiger partial charge in [0.15, 0.2) is 6.61 Å². The van der Waals surface area contributed by atoms with Crippen LogP contribution in [0.2, 0.25) is 0 Å². The second kappa shape index (κ2) is 7.36. The van der Waals surface area contributed by atoms with E-state index >= 15 is 0 Å². The number of amides is 1. The molecule has 1 saturated carbocycles. The second-order valence-electron chi connectivity index (χ2n) is 5.08. The molecule has 0 bridgehead atoms. The van der Waals surface area contributed by atoms with Crippen molar-refractivity contribution in [2.45, 2.75) is 36.6 Å². The van der Waals surface area contributed by atoms with Gasteiger partial charge in [0.05, 0.1) is 21.3 Å². The molecule has 1 aromatic carbocycles. The van der Waals surface area contributed by atoms with Crippen LogP contribution in [0.25, 0.3) is 0 Å². The van der Waals surface area contributed by atoms with Crippen molar-refractivity contribution in [3.8, 4) is 0 Å². The number of nitrogens with one attached hydrogen (secondary N) is 1. The fourth-order valence-electron chi connectivity index (χ4n) is 2.43. The monoisotopic (exact) mass is 309 g/mol. The summed E-state index contributed by atoms with van der Waals surface area (Å²) in [5.74, 6) is -0.910. The first-order chi connectivity index (χ1) is 10.1. The van der Waals surface area contributed by atoms with Gasteiger partial charge in [-0.3, -0.25) is 9.00 Å². The zero-order chi connectivity index (χ0) is 15.2. The summed E-state index contributed by atoms with van der Waals surface area (Å²) < 4.78 is 16.6. The highest BCUT2D eigenvalue weighted by Gasteiger charge is 2.19. The largest absolute Gasteiger partial charge is 0.452 e. The Morgan fingerprint density at radius 3 is 2.62 bits per heavy atom. The topological polar surface area (TPSA) is 72.5 Å². The Morgan fingerprint density at radius 1 is 1.29 bits per heavy atom. The normalized spacial score (nSPS) is 16.4. The Balaban J connectivity index is 1.89. The third-order valence-electron chi connectivity index (χ3n) is 3.47. The van der Waals surface area contributed by atoms with Crippen LogP contribution in [0.15, 0.2) is 29.2 Å². The fourth-order valence-corrected chi connectivity index (χ4v) is 3.17. The molecular weight excluding hydrogens is 290 g/mol. The van der Waals surface area contributed by atoms with Gasteiger partial charge >= 0.3 is 5.97 Å². The molecule has 1 N–H and O–H groups in total. The standard InChI is InChI=1S/C15H19NO4S/c1-21(19)13-9-5-4-8-12(13)15(18)20-10-14(17)16-11-6-2-3-7-11/h4-5,8-9,11H,2-3,6-7,10H2,1H3,(H,16,17)/t21-/m1/s1. The number of rotatable bonds is 5. The van der Waals surface area contributed by atoms with E-state index < -0.39 is 16.8 Å². The van der Waals surface area contributed by atoms with Crippen molar-refractivity contribution in [2.24, 2.45) is 0 Å². The summed E-state index contributed by atoms with van der Waals surface area (Å²) in [6.07, 6.45) is 5.72. The summed E-state index contributed by atoms with van der Waals surface area (Å²) in [6, 6.07) is 6.75. The lowest BCUT2D eigenvalue weighted by atomic mass is 10.2. The Hall–Kier alpha value is -1.69. The van der Waals surface area contributed by atoms with E-state index in [1.807, 2.05) is 0 Å². The first kappa shape index (κ1) is 15.7. The van der Waals surface area contributed by atoms with Crippen LogP contribution in [-0.2, 0) is 20.3 Å². The lowest BCUT2D eigenvalue weighted by Crippen LogP contribution is -2.36. The van der Waals surface area contributed by atoms with Crippen LogP contribution in [0.5, 0.6) is 0 Å². The molecule has 0 saturated heterocycles. The van der Waals surface area contributed by atoms with Crippen molar-refractivity contribution in [1.29, 1.82) is 0 Å². The summed E-state index contributed by atoms with van der Waals surface area (Å²) in [5.41, 5.74) is 0.243. The first-order valence-corrected chi connectivity index (χ1v) is 8.52. The zero-order valence-electron chi connectivity index (χ0n) is 12.0.